The second-order valence-electron chi connectivity index (χ2n) is 6.15. The Hall–Kier alpha value is -2.35. The molecule has 1 saturated carbocycles. The lowest BCUT2D eigenvalue weighted by Crippen LogP contribution is -2.38. The van der Waals surface area contributed by atoms with E-state index >= 15 is 0 Å². The number of nitrogens with zero attached hydrogens (tertiary/aromatic N) is 1. The molecule has 2 heteroatoms. The van der Waals surface area contributed by atoms with E-state index in [9.17, 15) is 0 Å². The van der Waals surface area contributed by atoms with Crippen LogP contribution in [0.25, 0.3) is 23.2 Å². The van der Waals surface area contributed by atoms with Crippen LogP contribution in [0.1, 0.15) is 17.0 Å². The zero-order valence-electron chi connectivity index (χ0n) is 13.7. The highest BCUT2D eigenvalue weighted by Gasteiger charge is 2.24. The molecule has 3 aromatic rings. The highest BCUT2D eigenvalue weighted by atomic mass is 15.1. The average Bonchev–Trinajstić information content (AvgIpc) is 3.22. The van der Waals surface area contributed by atoms with Gasteiger partial charge in [-0.15, -0.1) is 0 Å². The fourth-order valence-corrected chi connectivity index (χ4v) is 3.10. The third kappa shape index (κ3) is 3.14. The van der Waals surface area contributed by atoms with Crippen LogP contribution < -0.4 is 4.57 Å². The number of rotatable bonds is 4. The number of nitrogens with one attached hydrogen (secondary N) is 1. The van der Waals surface area contributed by atoms with Crippen LogP contribution in [0.2, 0.25) is 0 Å². The van der Waals surface area contributed by atoms with Crippen LogP contribution in [-0.2, 0) is 6.54 Å². The van der Waals surface area contributed by atoms with Crippen molar-refractivity contribution in [1.29, 1.82) is 0 Å². The van der Waals surface area contributed by atoms with Gasteiger partial charge in [-0.05, 0) is 56.4 Å². The normalized spacial score (nSPS) is 15.7. The maximum atomic E-state index is 3.54. The minimum Gasteiger partial charge on any atom is -0.237 e. The fraction of sp³-hybridized carbons (Fsp3) is 0.0909. The van der Waals surface area contributed by atoms with Crippen molar-refractivity contribution >= 4 is 23.2 Å². The van der Waals surface area contributed by atoms with Crippen molar-refractivity contribution in [2.75, 3.05) is 0 Å². The Morgan fingerprint density at radius 3 is 2.62 bits per heavy atom. The molecule has 0 unspecified atom stereocenters. The molecule has 2 nitrogen and oxygen atoms in total. The second kappa shape index (κ2) is 6.64. The SMILES string of the molecule is Cc1cccc(/C=C/c2[nH]c3ccccc3[n+]2C[C]2[CH][CH][CH][CH]2)c1. The molecule has 0 atom stereocenters. The number of benzene rings is 2. The van der Waals surface area contributed by atoms with Gasteiger partial charge in [0.2, 0.25) is 0 Å². The van der Waals surface area contributed by atoms with E-state index in [1.807, 2.05) is 0 Å². The summed E-state index contributed by atoms with van der Waals surface area (Å²) >= 11 is 0. The number of para-hydroxylation sites is 2. The lowest BCUT2D eigenvalue weighted by Gasteiger charge is -2.06. The number of fused-ring (bicyclic) bond motifs is 1. The van der Waals surface area contributed by atoms with Crippen molar-refractivity contribution in [2.45, 2.75) is 13.5 Å². The average molecular weight is 312 g/mol. The molecule has 1 aliphatic rings. The molecule has 0 amide bonds. The lowest BCUT2D eigenvalue weighted by atomic mass is 10.1. The van der Waals surface area contributed by atoms with Crippen LogP contribution in [0.15, 0.2) is 48.5 Å². The fourth-order valence-electron chi connectivity index (χ4n) is 3.10. The molecule has 1 N–H and O–H groups in total. The number of hydrogen-bond donors (Lipinski definition) is 1. The summed E-state index contributed by atoms with van der Waals surface area (Å²) in [6.45, 7) is 2.99. The van der Waals surface area contributed by atoms with E-state index in [2.05, 4.69) is 103 Å². The van der Waals surface area contributed by atoms with Gasteiger partial charge in [-0.2, -0.15) is 0 Å². The Kier molecular flexibility index (Phi) is 4.20. The summed E-state index contributed by atoms with van der Waals surface area (Å²) in [6.07, 6.45) is 12.8. The van der Waals surface area contributed by atoms with Crippen molar-refractivity contribution in [1.82, 2.24) is 4.98 Å². The number of aryl methyl sites for hydroxylation is 1. The molecule has 1 aromatic heterocycles. The molecule has 117 valence electrons. The van der Waals surface area contributed by atoms with Gasteiger partial charge in [0.15, 0.2) is 11.0 Å². The van der Waals surface area contributed by atoms with Crippen molar-refractivity contribution in [3.05, 3.63) is 97.1 Å². The Labute approximate surface area is 143 Å². The van der Waals surface area contributed by atoms with Gasteiger partial charge in [-0.1, -0.05) is 42.0 Å². The first-order valence-electron chi connectivity index (χ1n) is 8.25. The molecule has 5 radical (unpaired) electrons. The van der Waals surface area contributed by atoms with Crippen LogP contribution in [0, 0.1) is 38.5 Å². The van der Waals surface area contributed by atoms with Gasteiger partial charge in [-0.25, -0.2) is 9.55 Å². The highest BCUT2D eigenvalue weighted by Crippen LogP contribution is 2.24. The topological polar surface area (TPSA) is 19.7 Å². The largest absolute Gasteiger partial charge is 0.280 e. The Morgan fingerprint density at radius 2 is 1.79 bits per heavy atom. The minimum absolute atomic E-state index is 0.866. The van der Waals surface area contributed by atoms with Crippen molar-refractivity contribution in [2.24, 2.45) is 0 Å². The van der Waals surface area contributed by atoms with Gasteiger partial charge >= 0.3 is 0 Å². The molecule has 0 spiro atoms. The summed E-state index contributed by atoms with van der Waals surface area (Å²) < 4.78 is 2.33. The molecular formula is C22H20N2+. The molecule has 2 aromatic carbocycles. The van der Waals surface area contributed by atoms with E-state index < -0.39 is 0 Å². The highest BCUT2D eigenvalue weighted by molar-refractivity contribution is 5.74. The van der Waals surface area contributed by atoms with Crippen LogP contribution >= 0.6 is 0 Å². The molecule has 0 bridgehead atoms. The summed E-state index contributed by atoms with van der Waals surface area (Å²) in [5, 5.41) is 0. The molecule has 4 rings (SSSR count). The smallest absolute Gasteiger partial charge is 0.237 e. The van der Waals surface area contributed by atoms with E-state index in [0.717, 1.165) is 17.9 Å². The van der Waals surface area contributed by atoms with E-state index in [1.54, 1.807) is 0 Å². The Morgan fingerprint density at radius 1 is 0.958 bits per heavy atom. The number of hydrogen-bond acceptors (Lipinski definition) is 0. The quantitative estimate of drug-likeness (QED) is 0.692. The van der Waals surface area contributed by atoms with Crippen molar-refractivity contribution < 1.29 is 4.57 Å². The Bertz CT molecular complexity index is 867. The van der Waals surface area contributed by atoms with Crippen molar-refractivity contribution in [3.63, 3.8) is 0 Å². The zero-order chi connectivity index (χ0) is 16.4. The van der Waals surface area contributed by atoms with Gasteiger partial charge in [0.25, 0.3) is 5.82 Å². The summed E-state index contributed by atoms with van der Waals surface area (Å²) in [7, 11) is 0. The lowest BCUT2D eigenvalue weighted by molar-refractivity contribution is -0.667. The summed E-state index contributed by atoms with van der Waals surface area (Å²) in [6, 6.07) is 17.0. The van der Waals surface area contributed by atoms with Gasteiger partial charge in [0.05, 0.1) is 6.54 Å². The van der Waals surface area contributed by atoms with E-state index in [1.165, 1.54) is 22.6 Å². The number of aromatic amines is 1. The van der Waals surface area contributed by atoms with E-state index in [0.29, 0.717) is 0 Å². The van der Waals surface area contributed by atoms with Crippen molar-refractivity contribution in [3.8, 4) is 0 Å². The predicted octanol–water partition coefficient (Wildman–Crippen LogP) is 4.34. The second-order valence-corrected chi connectivity index (χ2v) is 6.15. The van der Waals surface area contributed by atoms with Crippen LogP contribution in [0.5, 0.6) is 0 Å². The maximum absolute atomic E-state index is 3.54. The summed E-state index contributed by atoms with van der Waals surface area (Å²) in [5.74, 6) is 2.42. The molecule has 24 heavy (non-hydrogen) atoms. The number of H-pyrrole nitrogens is 1. The summed E-state index contributed by atoms with van der Waals surface area (Å²) in [4.78, 5) is 3.54. The molecule has 0 aliphatic heterocycles. The van der Waals surface area contributed by atoms with Gasteiger partial charge in [-0.3, -0.25) is 0 Å². The predicted molar refractivity (Wildman–Crippen MR) is 99.0 cm³/mol. The van der Waals surface area contributed by atoms with Gasteiger partial charge in [0.1, 0.15) is 0 Å². The first-order valence-corrected chi connectivity index (χ1v) is 8.25. The number of imidazole rings is 1. The summed E-state index contributed by atoms with van der Waals surface area (Å²) in [5.41, 5.74) is 4.88. The van der Waals surface area contributed by atoms with Crippen LogP contribution in [0.4, 0.5) is 0 Å². The number of aromatic nitrogens is 2. The Balaban J connectivity index is 1.70. The van der Waals surface area contributed by atoms with Gasteiger partial charge < -0.3 is 0 Å². The molecule has 1 heterocycles. The van der Waals surface area contributed by atoms with Crippen LogP contribution in [-0.4, -0.2) is 4.98 Å². The third-order valence-electron chi connectivity index (χ3n) is 4.30. The van der Waals surface area contributed by atoms with Gasteiger partial charge in [0, 0.05) is 12.0 Å². The first-order chi connectivity index (χ1) is 11.8. The van der Waals surface area contributed by atoms with Crippen LogP contribution in [0.3, 0.4) is 0 Å². The molecule has 0 saturated heterocycles. The first kappa shape index (κ1) is 15.2. The zero-order valence-corrected chi connectivity index (χ0v) is 13.7. The third-order valence-corrected chi connectivity index (χ3v) is 4.30. The maximum Gasteiger partial charge on any atom is 0.280 e. The monoisotopic (exact) mass is 312 g/mol. The minimum atomic E-state index is 0.866. The van der Waals surface area contributed by atoms with E-state index in [-0.39, 0.29) is 0 Å². The van der Waals surface area contributed by atoms with E-state index in [4.69, 9.17) is 0 Å². The standard InChI is InChI=1S/C22H19N2/c1-17-7-6-10-18(15-17)13-14-22-23-20-11-4-5-12-21(20)24(22)16-19-8-2-3-9-19/h2-15H,16H2,1H3/p+1/b14-13+. The molecule has 1 aliphatic carbocycles. The molecular weight excluding hydrogens is 292 g/mol. The molecule has 1 fully saturated rings.